The van der Waals surface area contributed by atoms with Gasteiger partial charge in [-0.15, -0.1) is 0 Å². The van der Waals surface area contributed by atoms with Crippen LogP contribution in [0.4, 0.5) is 5.69 Å². The fraction of sp³-hybridized carbons (Fsp3) is 0.160. The van der Waals surface area contributed by atoms with E-state index >= 15 is 0 Å². The number of hydrogen-bond donors (Lipinski definition) is 1. The number of rotatable bonds is 8. The van der Waals surface area contributed by atoms with Crippen molar-refractivity contribution in [3.63, 3.8) is 0 Å². The highest BCUT2D eigenvalue weighted by Crippen LogP contribution is 2.23. The molecular weight excluding hydrogens is 470 g/mol. The summed E-state index contributed by atoms with van der Waals surface area (Å²) in [6.45, 7) is 3.25. The molecule has 3 aromatic carbocycles. The zero-order valence-electron chi connectivity index (χ0n) is 19.3. The Bertz CT molecular complexity index is 1460. The monoisotopic (exact) mass is 493 g/mol. The van der Waals surface area contributed by atoms with E-state index in [0.717, 1.165) is 5.56 Å². The van der Waals surface area contributed by atoms with E-state index in [1.54, 1.807) is 62.6 Å². The molecule has 10 heteroatoms. The summed E-state index contributed by atoms with van der Waals surface area (Å²) in [6, 6.07) is 18.4. The summed E-state index contributed by atoms with van der Waals surface area (Å²) in [6.07, 6.45) is 0. The number of anilines is 1. The molecule has 4 aromatic rings. The largest absolute Gasteiger partial charge is 0.497 e. The minimum absolute atomic E-state index is 0.0203. The summed E-state index contributed by atoms with van der Waals surface area (Å²) >= 11 is 0. The van der Waals surface area contributed by atoms with Crippen molar-refractivity contribution in [2.45, 2.75) is 25.3 Å². The second-order valence-corrected chi connectivity index (χ2v) is 9.42. The molecule has 0 aliphatic carbocycles. The first-order chi connectivity index (χ1) is 16.7. The number of nitrogens with one attached hydrogen (secondary N) is 1. The van der Waals surface area contributed by atoms with Gasteiger partial charge in [-0.3, -0.25) is 4.72 Å². The second-order valence-electron chi connectivity index (χ2n) is 7.77. The van der Waals surface area contributed by atoms with Crippen LogP contribution in [0.3, 0.4) is 0 Å². The first-order valence-electron chi connectivity index (χ1n) is 10.6. The zero-order chi connectivity index (χ0) is 25.0. The number of ether oxygens (including phenoxy) is 2. The highest BCUT2D eigenvalue weighted by atomic mass is 32.2. The number of methoxy groups -OCH3 is 1. The quantitative estimate of drug-likeness (QED) is 0.356. The van der Waals surface area contributed by atoms with Crippen molar-refractivity contribution in [3.05, 3.63) is 89.3 Å². The van der Waals surface area contributed by atoms with Gasteiger partial charge < -0.3 is 14.0 Å². The topological polar surface area (TPSA) is 121 Å². The number of aromatic nitrogens is 2. The lowest BCUT2D eigenvalue weighted by atomic mass is 10.1. The van der Waals surface area contributed by atoms with E-state index in [0.29, 0.717) is 28.4 Å². The molecule has 1 heterocycles. The SMILES string of the molecule is COc1ccc(-c2noc(COC(=O)c3ccc(C)c(S(=O)(=O)Nc4cccc(C)c4)c3)n2)cc1. The van der Waals surface area contributed by atoms with Gasteiger partial charge in [0, 0.05) is 11.3 Å². The van der Waals surface area contributed by atoms with Crippen LogP contribution in [0.5, 0.6) is 5.75 Å². The van der Waals surface area contributed by atoms with Crippen molar-refractivity contribution in [2.24, 2.45) is 0 Å². The first-order valence-corrected chi connectivity index (χ1v) is 12.1. The average Bonchev–Trinajstić information content (AvgIpc) is 3.31. The summed E-state index contributed by atoms with van der Waals surface area (Å²) in [5, 5.41) is 3.89. The number of nitrogens with zero attached hydrogens (tertiary/aromatic N) is 2. The van der Waals surface area contributed by atoms with E-state index in [-0.39, 0.29) is 23.0 Å². The summed E-state index contributed by atoms with van der Waals surface area (Å²) in [7, 11) is -2.35. The summed E-state index contributed by atoms with van der Waals surface area (Å²) in [5.41, 5.74) is 2.62. The fourth-order valence-electron chi connectivity index (χ4n) is 3.32. The number of carbonyl (C=O) groups is 1. The smallest absolute Gasteiger partial charge is 0.338 e. The number of carbonyl (C=O) groups excluding carboxylic acids is 1. The van der Waals surface area contributed by atoms with Gasteiger partial charge >= 0.3 is 5.97 Å². The van der Waals surface area contributed by atoms with Gasteiger partial charge in [-0.25, -0.2) is 13.2 Å². The van der Waals surface area contributed by atoms with Crippen LogP contribution < -0.4 is 9.46 Å². The van der Waals surface area contributed by atoms with E-state index in [2.05, 4.69) is 14.9 Å². The number of esters is 1. The maximum atomic E-state index is 13.0. The molecule has 0 saturated heterocycles. The Balaban J connectivity index is 1.46. The molecule has 0 amide bonds. The zero-order valence-corrected chi connectivity index (χ0v) is 20.1. The standard InChI is InChI=1S/C25H23N3O6S/c1-16-5-4-6-20(13-16)28-35(30,31)22-14-19(8-7-17(22)2)25(29)33-15-23-26-24(27-34-23)18-9-11-21(32-3)12-10-18/h4-14,28H,15H2,1-3H3. The maximum absolute atomic E-state index is 13.0. The van der Waals surface area contributed by atoms with Gasteiger partial charge in [0.1, 0.15) is 5.75 Å². The molecule has 1 aromatic heterocycles. The van der Waals surface area contributed by atoms with Gasteiger partial charge in [0.15, 0.2) is 6.61 Å². The van der Waals surface area contributed by atoms with Crippen molar-refractivity contribution in [2.75, 3.05) is 11.8 Å². The summed E-state index contributed by atoms with van der Waals surface area (Å²) in [4.78, 5) is 16.8. The molecule has 0 saturated carbocycles. The van der Waals surface area contributed by atoms with Gasteiger partial charge in [-0.2, -0.15) is 4.98 Å². The lowest BCUT2D eigenvalue weighted by molar-refractivity contribution is 0.0429. The Morgan fingerprint density at radius 2 is 1.80 bits per heavy atom. The molecule has 0 unspecified atom stereocenters. The maximum Gasteiger partial charge on any atom is 0.338 e. The highest BCUT2D eigenvalue weighted by Gasteiger charge is 2.21. The van der Waals surface area contributed by atoms with Crippen molar-refractivity contribution >= 4 is 21.7 Å². The molecule has 0 bridgehead atoms. The molecule has 0 aliphatic heterocycles. The van der Waals surface area contributed by atoms with Crippen LogP contribution in [0, 0.1) is 13.8 Å². The van der Waals surface area contributed by atoms with Crippen LogP contribution in [0.15, 0.2) is 76.1 Å². The molecule has 0 radical (unpaired) electrons. The molecule has 0 aliphatic rings. The number of sulfonamides is 1. The molecule has 180 valence electrons. The van der Waals surface area contributed by atoms with Crippen LogP contribution in [-0.2, 0) is 21.4 Å². The van der Waals surface area contributed by atoms with Crippen molar-refractivity contribution < 1.29 is 27.2 Å². The minimum Gasteiger partial charge on any atom is -0.497 e. The third-order valence-electron chi connectivity index (χ3n) is 5.13. The van der Waals surface area contributed by atoms with Crippen LogP contribution in [-0.4, -0.2) is 31.6 Å². The van der Waals surface area contributed by atoms with Crippen LogP contribution >= 0.6 is 0 Å². The summed E-state index contributed by atoms with van der Waals surface area (Å²) < 4.78 is 44.0. The summed E-state index contributed by atoms with van der Waals surface area (Å²) in [5.74, 6) is 0.413. The van der Waals surface area contributed by atoms with E-state index in [9.17, 15) is 13.2 Å². The normalized spacial score (nSPS) is 11.2. The van der Waals surface area contributed by atoms with Crippen molar-refractivity contribution in [1.29, 1.82) is 0 Å². The third kappa shape index (κ3) is 5.67. The number of aryl methyl sites for hydroxylation is 2. The Morgan fingerprint density at radius 3 is 2.51 bits per heavy atom. The van der Waals surface area contributed by atoms with Crippen LogP contribution in [0.25, 0.3) is 11.4 Å². The molecule has 35 heavy (non-hydrogen) atoms. The van der Waals surface area contributed by atoms with Gasteiger partial charge in [-0.1, -0.05) is 23.4 Å². The Labute approximate surface area is 202 Å². The van der Waals surface area contributed by atoms with E-state index in [4.69, 9.17) is 14.0 Å². The molecule has 1 N–H and O–H groups in total. The molecule has 9 nitrogen and oxygen atoms in total. The molecule has 4 rings (SSSR count). The number of benzene rings is 3. The predicted molar refractivity (Wildman–Crippen MR) is 129 cm³/mol. The van der Waals surface area contributed by atoms with Gasteiger partial charge in [0.05, 0.1) is 17.6 Å². The highest BCUT2D eigenvalue weighted by molar-refractivity contribution is 7.92. The molecular formula is C25H23N3O6S. The lowest BCUT2D eigenvalue weighted by Crippen LogP contribution is -2.15. The first kappa shape index (κ1) is 24.0. The fourth-order valence-corrected chi connectivity index (χ4v) is 4.64. The Morgan fingerprint density at radius 1 is 1.03 bits per heavy atom. The van der Waals surface area contributed by atoms with E-state index < -0.39 is 16.0 Å². The average molecular weight is 494 g/mol. The molecule has 0 spiro atoms. The Kier molecular flexibility index (Phi) is 6.83. The van der Waals surface area contributed by atoms with E-state index in [1.807, 2.05) is 13.0 Å². The third-order valence-corrected chi connectivity index (χ3v) is 6.65. The minimum atomic E-state index is -3.92. The second kappa shape index (κ2) is 9.98. The predicted octanol–water partition coefficient (Wildman–Crippen LogP) is 4.52. The van der Waals surface area contributed by atoms with Gasteiger partial charge in [-0.05, 0) is 73.5 Å². The van der Waals surface area contributed by atoms with Crippen LogP contribution in [0.2, 0.25) is 0 Å². The Hall–Kier alpha value is -4.18. The lowest BCUT2D eigenvalue weighted by Gasteiger charge is -2.12. The van der Waals surface area contributed by atoms with Crippen molar-refractivity contribution in [3.8, 4) is 17.1 Å². The van der Waals surface area contributed by atoms with E-state index in [1.165, 1.54) is 12.1 Å². The van der Waals surface area contributed by atoms with Crippen LogP contribution in [0.1, 0.15) is 27.4 Å². The molecule has 0 atom stereocenters. The number of hydrogen-bond acceptors (Lipinski definition) is 8. The van der Waals surface area contributed by atoms with Crippen molar-refractivity contribution in [1.82, 2.24) is 10.1 Å². The van der Waals surface area contributed by atoms with Gasteiger partial charge in [0.25, 0.3) is 15.9 Å². The van der Waals surface area contributed by atoms with Gasteiger partial charge in [0.2, 0.25) is 5.82 Å². The molecule has 0 fully saturated rings.